The van der Waals surface area contributed by atoms with Crippen LogP contribution in [-0.4, -0.2) is 43.9 Å². The van der Waals surface area contributed by atoms with E-state index in [0.29, 0.717) is 6.04 Å². The maximum Gasteiger partial charge on any atom is 0.198 e. The molecule has 0 aliphatic carbocycles. The smallest absolute Gasteiger partial charge is 0.198 e. The number of nitrogens with zero attached hydrogens (tertiary/aromatic N) is 1. The van der Waals surface area contributed by atoms with E-state index in [1.54, 1.807) is 4.90 Å². The lowest BCUT2D eigenvalue weighted by atomic mass is 10.0. The molecule has 140 valence electrons. The minimum absolute atomic E-state index is 0.205. The number of ether oxygens (including phenoxy) is 1. The number of piperidine rings is 1. The molecule has 0 amide bonds. The van der Waals surface area contributed by atoms with Gasteiger partial charge in [-0.3, -0.25) is 4.79 Å². The second kappa shape index (κ2) is 7.41. The lowest BCUT2D eigenvalue weighted by molar-refractivity contribution is -0.942. The first-order chi connectivity index (χ1) is 12.6. The lowest BCUT2D eigenvalue weighted by Crippen LogP contribution is -3.15. The molecule has 2 unspecified atom stereocenters. The minimum Gasteiger partial charge on any atom is -0.378 e. The summed E-state index contributed by atoms with van der Waals surface area (Å²) in [7, 11) is 0. The number of benzene rings is 1. The van der Waals surface area contributed by atoms with Gasteiger partial charge in [-0.05, 0) is 51.3 Å². The quantitative estimate of drug-likeness (QED) is 0.879. The summed E-state index contributed by atoms with van der Waals surface area (Å²) in [4.78, 5) is 20.6. The topological polar surface area (TPSA) is 49.8 Å². The Kier molecular flexibility index (Phi) is 5.00. The predicted octanol–water partition coefficient (Wildman–Crippen LogP) is 1.63. The minimum atomic E-state index is 0.205. The maximum absolute atomic E-state index is 13.3. The van der Waals surface area contributed by atoms with Crippen molar-refractivity contribution in [2.45, 2.75) is 45.7 Å². The van der Waals surface area contributed by atoms with Crippen LogP contribution in [-0.2, 0) is 11.3 Å². The van der Waals surface area contributed by atoms with Crippen LogP contribution >= 0.6 is 0 Å². The molecule has 0 radical (unpaired) electrons. The molecule has 1 aromatic carbocycles. The van der Waals surface area contributed by atoms with E-state index in [1.807, 2.05) is 6.92 Å². The van der Waals surface area contributed by atoms with Gasteiger partial charge in [0.2, 0.25) is 0 Å². The van der Waals surface area contributed by atoms with Crippen LogP contribution in [0.2, 0.25) is 0 Å². The van der Waals surface area contributed by atoms with Gasteiger partial charge in [0.1, 0.15) is 6.54 Å². The highest BCUT2D eigenvalue weighted by Gasteiger charge is 2.24. The highest BCUT2D eigenvalue weighted by atomic mass is 16.5. The van der Waals surface area contributed by atoms with Crippen LogP contribution in [0.15, 0.2) is 23.0 Å². The fourth-order valence-corrected chi connectivity index (χ4v) is 4.41. The fourth-order valence-electron chi connectivity index (χ4n) is 4.41. The molecule has 26 heavy (non-hydrogen) atoms. The molecule has 0 bridgehead atoms. The Bertz CT molecular complexity index is 839. The predicted molar refractivity (Wildman–Crippen MR) is 105 cm³/mol. The van der Waals surface area contributed by atoms with Crippen LogP contribution < -0.4 is 15.2 Å². The summed E-state index contributed by atoms with van der Waals surface area (Å²) in [6.45, 7) is 9.64. The number of fused-ring (bicyclic) bond motifs is 1. The van der Waals surface area contributed by atoms with E-state index in [1.165, 1.54) is 25.8 Å². The lowest BCUT2D eigenvalue weighted by Gasteiger charge is -2.30. The summed E-state index contributed by atoms with van der Waals surface area (Å²) in [5, 5.41) is 0.818. The normalized spacial score (nSPS) is 24.2. The van der Waals surface area contributed by atoms with Gasteiger partial charge in [-0.15, -0.1) is 0 Å². The number of morpholine rings is 1. The van der Waals surface area contributed by atoms with Crippen LogP contribution in [0.5, 0.6) is 0 Å². The summed E-state index contributed by atoms with van der Waals surface area (Å²) in [5.41, 5.74) is 4.25. The van der Waals surface area contributed by atoms with Gasteiger partial charge in [0.05, 0.1) is 31.4 Å². The van der Waals surface area contributed by atoms with Gasteiger partial charge >= 0.3 is 0 Å². The number of hydrogen-bond acceptors (Lipinski definition) is 3. The Balaban J connectivity index is 1.70. The first-order valence-electron chi connectivity index (χ1n) is 9.96. The Morgan fingerprint density at radius 3 is 2.85 bits per heavy atom. The molecule has 5 heteroatoms. The Morgan fingerprint density at radius 1 is 1.27 bits per heavy atom. The molecule has 5 nitrogen and oxygen atoms in total. The van der Waals surface area contributed by atoms with Crippen LogP contribution in [0, 0.1) is 6.92 Å². The Hall–Kier alpha value is -1.85. The average Bonchev–Trinajstić information content (AvgIpc) is 2.67. The third kappa shape index (κ3) is 3.38. The van der Waals surface area contributed by atoms with E-state index in [-0.39, 0.29) is 5.43 Å². The van der Waals surface area contributed by atoms with Crippen molar-refractivity contribution in [2.75, 3.05) is 37.7 Å². The summed E-state index contributed by atoms with van der Waals surface area (Å²) < 4.78 is 5.45. The maximum atomic E-state index is 13.3. The number of aromatic nitrogens is 1. The van der Waals surface area contributed by atoms with Gasteiger partial charge in [-0.1, -0.05) is 0 Å². The van der Waals surface area contributed by atoms with E-state index in [9.17, 15) is 4.79 Å². The van der Waals surface area contributed by atoms with E-state index >= 15 is 0 Å². The largest absolute Gasteiger partial charge is 0.378 e. The summed E-state index contributed by atoms with van der Waals surface area (Å²) in [5.74, 6) is 0. The molecule has 2 atom stereocenters. The molecule has 4 rings (SSSR count). The molecule has 2 saturated heterocycles. The van der Waals surface area contributed by atoms with Crippen molar-refractivity contribution in [1.82, 2.24) is 4.98 Å². The second-order valence-electron chi connectivity index (χ2n) is 7.87. The number of quaternary nitrogens is 1. The van der Waals surface area contributed by atoms with Crippen molar-refractivity contribution in [2.24, 2.45) is 0 Å². The average molecular weight is 356 g/mol. The molecule has 2 N–H and O–H groups in total. The number of aryl methyl sites for hydroxylation is 1. The molecular weight excluding hydrogens is 326 g/mol. The molecule has 0 saturated carbocycles. The standard InChI is InChI=1S/C21H29N3O2/c1-15-5-3-4-8-24(15)14-19-16(2)22-20-7-6-17(13-18(20)21(19)25)23-9-11-26-12-10-23/h6-7,13,15H,3-5,8-12,14H2,1-2H3,(H,22,25)/p+1. The van der Waals surface area contributed by atoms with Gasteiger partial charge in [-0.2, -0.15) is 0 Å². The van der Waals surface area contributed by atoms with E-state index in [4.69, 9.17) is 4.74 Å². The van der Waals surface area contributed by atoms with E-state index in [0.717, 1.165) is 60.7 Å². The zero-order valence-corrected chi connectivity index (χ0v) is 15.9. The molecule has 2 fully saturated rings. The zero-order chi connectivity index (χ0) is 18.1. The first-order valence-corrected chi connectivity index (χ1v) is 9.96. The summed E-state index contributed by atoms with van der Waals surface area (Å²) in [6, 6.07) is 6.87. The fraction of sp³-hybridized carbons (Fsp3) is 0.571. The third-order valence-electron chi connectivity index (χ3n) is 6.16. The molecule has 1 aromatic heterocycles. The van der Waals surface area contributed by atoms with Crippen LogP contribution in [0.1, 0.15) is 37.4 Å². The molecule has 3 heterocycles. The van der Waals surface area contributed by atoms with Crippen molar-refractivity contribution in [3.63, 3.8) is 0 Å². The number of H-pyrrole nitrogens is 1. The second-order valence-corrected chi connectivity index (χ2v) is 7.87. The van der Waals surface area contributed by atoms with Crippen molar-refractivity contribution in [3.8, 4) is 0 Å². The molecule has 2 aliphatic heterocycles. The Labute approximate surface area is 154 Å². The third-order valence-corrected chi connectivity index (χ3v) is 6.16. The number of pyridine rings is 1. The summed E-state index contributed by atoms with van der Waals surface area (Å²) >= 11 is 0. The number of likely N-dealkylation sites (tertiary alicyclic amines) is 1. The van der Waals surface area contributed by atoms with Gasteiger partial charge in [0, 0.05) is 35.4 Å². The van der Waals surface area contributed by atoms with Crippen LogP contribution in [0.3, 0.4) is 0 Å². The number of aromatic amines is 1. The van der Waals surface area contributed by atoms with Gasteiger partial charge in [0.15, 0.2) is 5.43 Å². The first kappa shape index (κ1) is 17.6. The number of rotatable bonds is 3. The van der Waals surface area contributed by atoms with Gasteiger partial charge in [0.25, 0.3) is 0 Å². The zero-order valence-electron chi connectivity index (χ0n) is 15.9. The molecule has 2 aliphatic rings. The SMILES string of the molecule is Cc1[nH]c2ccc(N3CCOCC3)cc2c(=O)c1C[NH+]1CCCCC1C. The number of nitrogens with one attached hydrogen (secondary N) is 2. The highest BCUT2D eigenvalue weighted by molar-refractivity contribution is 5.83. The van der Waals surface area contributed by atoms with Gasteiger partial charge in [-0.25, -0.2) is 0 Å². The molecule has 0 spiro atoms. The van der Waals surface area contributed by atoms with Gasteiger partial charge < -0.3 is 19.5 Å². The van der Waals surface area contributed by atoms with E-state index < -0.39 is 0 Å². The van der Waals surface area contributed by atoms with Crippen molar-refractivity contribution >= 4 is 16.6 Å². The van der Waals surface area contributed by atoms with Crippen LogP contribution in [0.25, 0.3) is 10.9 Å². The molecular formula is C21H30N3O2+. The monoisotopic (exact) mass is 356 g/mol. The van der Waals surface area contributed by atoms with Crippen molar-refractivity contribution in [3.05, 3.63) is 39.7 Å². The van der Waals surface area contributed by atoms with E-state index in [2.05, 4.69) is 35.0 Å². The van der Waals surface area contributed by atoms with Crippen LogP contribution in [0.4, 0.5) is 5.69 Å². The van der Waals surface area contributed by atoms with Crippen molar-refractivity contribution < 1.29 is 9.64 Å². The number of anilines is 1. The highest BCUT2D eigenvalue weighted by Crippen LogP contribution is 2.21. The number of hydrogen-bond donors (Lipinski definition) is 2. The summed E-state index contributed by atoms with van der Waals surface area (Å²) in [6.07, 6.45) is 3.85. The van der Waals surface area contributed by atoms with Crippen molar-refractivity contribution in [1.29, 1.82) is 0 Å². The Morgan fingerprint density at radius 2 is 2.08 bits per heavy atom. The molecule has 2 aromatic rings.